The molecule has 0 aromatic heterocycles. The van der Waals surface area contributed by atoms with Crippen LogP contribution in [-0.2, 0) is 9.53 Å². The van der Waals surface area contributed by atoms with Crippen LogP contribution in [0.15, 0.2) is 35.5 Å². The predicted octanol–water partition coefficient (Wildman–Crippen LogP) is 4.04. The Bertz CT molecular complexity index is 734. The van der Waals surface area contributed by atoms with E-state index in [9.17, 15) is 9.59 Å². The van der Waals surface area contributed by atoms with Crippen molar-refractivity contribution < 1.29 is 14.3 Å². The minimum atomic E-state index is -0.503. The molecule has 1 fully saturated rings. The standard InChI is InChI=1S/C22H31N3O3/c1-4-8-18-19(21(26)28-15(2)3)20(24-22(27)23-18)16-9-11-17(12-10-16)25-13-6-5-7-14-25/h9-12,15,20H,4-8,13-14H2,1-3H3,(H2,23,24,27). The van der Waals surface area contributed by atoms with Crippen molar-refractivity contribution in [3.63, 3.8) is 0 Å². The SMILES string of the molecule is CCCC1=C(C(=O)OC(C)C)C(c2ccc(N3CCCCC3)cc2)NC(=O)N1. The number of esters is 1. The Morgan fingerprint density at radius 1 is 1.18 bits per heavy atom. The van der Waals surface area contributed by atoms with Crippen LogP contribution in [0.5, 0.6) is 0 Å². The van der Waals surface area contributed by atoms with Gasteiger partial charge in [0.1, 0.15) is 0 Å². The zero-order valence-corrected chi connectivity index (χ0v) is 17.1. The molecule has 2 amide bonds. The number of carbonyl (C=O) groups is 2. The zero-order valence-electron chi connectivity index (χ0n) is 17.1. The molecule has 0 aliphatic carbocycles. The monoisotopic (exact) mass is 385 g/mol. The number of amides is 2. The van der Waals surface area contributed by atoms with E-state index in [-0.39, 0.29) is 18.1 Å². The zero-order chi connectivity index (χ0) is 20.1. The van der Waals surface area contributed by atoms with Gasteiger partial charge in [-0.05, 0) is 57.2 Å². The van der Waals surface area contributed by atoms with Gasteiger partial charge in [0, 0.05) is 24.5 Å². The van der Waals surface area contributed by atoms with Crippen LogP contribution in [0.3, 0.4) is 0 Å². The van der Waals surface area contributed by atoms with Gasteiger partial charge < -0.3 is 20.3 Å². The molecule has 0 spiro atoms. The third kappa shape index (κ3) is 4.66. The molecule has 2 heterocycles. The summed E-state index contributed by atoms with van der Waals surface area (Å²) in [7, 11) is 0. The van der Waals surface area contributed by atoms with Gasteiger partial charge in [-0.15, -0.1) is 0 Å². The van der Waals surface area contributed by atoms with E-state index >= 15 is 0 Å². The molecule has 1 aromatic rings. The maximum absolute atomic E-state index is 12.8. The van der Waals surface area contributed by atoms with Crippen LogP contribution < -0.4 is 15.5 Å². The Labute approximate surface area is 167 Å². The fourth-order valence-corrected chi connectivity index (χ4v) is 3.86. The highest BCUT2D eigenvalue weighted by Gasteiger charge is 2.33. The predicted molar refractivity (Wildman–Crippen MR) is 110 cm³/mol. The first-order valence-electron chi connectivity index (χ1n) is 10.4. The molecule has 2 N–H and O–H groups in total. The van der Waals surface area contributed by atoms with E-state index in [4.69, 9.17) is 4.74 Å². The third-order valence-corrected chi connectivity index (χ3v) is 5.16. The van der Waals surface area contributed by atoms with Crippen LogP contribution in [0.25, 0.3) is 0 Å². The molecule has 1 saturated heterocycles. The molecule has 1 unspecified atom stereocenters. The van der Waals surface area contributed by atoms with Crippen LogP contribution in [0.4, 0.5) is 10.5 Å². The van der Waals surface area contributed by atoms with Crippen molar-refractivity contribution in [3.8, 4) is 0 Å². The van der Waals surface area contributed by atoms with Crippen LogP contribution >= 0.6 is 0 Å². The average molecular weight is 386 g/mol. The van der Waals surface area contributed by atoms with Crippen molar-refractivity contribution >= 4 is 17.7 Å². The second-order valence-corrected chi connectivity index (χ2v) is 7.77. The van der Waals surface area contributed by atoms with Crippen molar-refractivity contribution in [1.82, 2.24) is 10.6 Å². The average Bonchev–Trinajstić information content (AvgIpc) is 2.68. The molecule has 2 aliphatic rings. The number of nitrogens with one attached hydrogen (secondary N) is 2. The van der Waals surface area contributed by atoms with E-state index < -0.39 is 6.04 Å². The Kier molecular flexibility index (Phi) is 6.60. The molecule has 3 rings (SSSR count). The van der Waals surface area contributed by atoms with Crippen LogP contribution in [0.2, 0.25) is 0 Å². The van der Waals surface area contributed by atoms with E-state index in [0.29, 0.717) is 17.7 Å². The Morgan fingerprint density at radius 2 is 1.86 bits per heavy atom. The molecule has 2 aliphatic heterocycles. The van der Waals surface area contributed by atoms with Crippen molar-refractivity contribution in [1.29, 1.82) is 0 Å². The van der Waals surface area contributed by atoms with Gasteiger partial charge in [-0.3, -0.25) is 0 Å². The van der Waals surface area contributed by atoms with Gasteiger partial charge in [-0.1, -0.05) is 25.5 Å². The van der Waals surface area contributed by atoms with E-state index in [0.717, 1.165) is 25.1 Å². The van der Waals surface area contributed by atoms with E-state index in [2.05, 4.69) is 27.7 Å². The molecule has 28 heavy (non-hydrogen) atoms. The first-order valence-corrected chi connectivity index (χ1v) is 10.4. The van der Waals surface area contributed by atoms with Gasteiger partial charge in [0.25, 0.3) is 0 Å². The summed E-state index contributed by atoms with van der Waals surface area (Å²) in [4.78, 5) is 27.4. The lowest BCUT2D eigenvalue weighted by Crippen LogP contribution is -2.46. The molecule has 6 heteroatoms. The van der Waals surface area contributed by atoms with Gasteiger partial charge in [0.2, 0.25) is 0 Å². The summed E-state index contributed by atoms with van der Waals surface area (Å²) in [5.41, 5.74) is 3.23. The first kappa shape index (κ1) is 20.2. The molecule has 6 nitrogen and oxygen atoms in total. The molecule has 1 aromatic carbocycles. The Hall–Kier alpha value is -2.50. The quantitative estimate of drug-likeness (QED) is 0.725. The van der Waals surface area contributed by atoms with Gasteiger partial charge in [-0.2, -0.15) is 0 Å². The molecule has 0 saturated carbocycles. The largest absolute Gasteiger partial charge is 0.459 e. The van der Waals surface area contributed by atoms with Crippen LogP contribution in [0, 0.1) is 0 Å². The molecule has 0 bridgehead atoms. The van der Waals surface area contributed by atoms with Crippen molar-refractivity contribution in [2.75, 3.05) is 18.0 Å². The van der Waals surface area contributed by atoms with Crippen molar-refractivity contribution in [3.05, 3.63) is 41.1 Å². The number of nitrogens with zero attached hydrogens (tertiary/aromatic N) is 1. The smallest absolute Gasteiger partial charge is 0.338 e. The molecular formula is C22H31N3O3. The number of rotatable bonds is 6. The first-order chi connectivity index (χ1) is 13.5. The summed E-state index contributed by atoms with van der Waals surface area (Å²) in [5, 5.41) is 5.71. The summed E-state index contributed by atoms with van der Waals surface area (Å²) in [6, 6.07) is 7.39. The number of anilines is 1. The Balaban J connectivity index is 1.91. The highest BCUT2D eigenvalue weighted by Crippen LogP contribution is 2.31. The second kappa shape index (κ2) is 9.13. The van der Waals surface area contributed by atoms with Crippen LogP contribution in [-0.4, -0.2) is 31.2 Å². The van der Waals surface area contributed by atoms with E-state index in [1.54, 1.807) is 0 Å². The summed E-state index contributed by atoms with van der Waals surface area (Å²) in [6.45, 7) is 7.84. The number of benzene rings is 1. The van der Waals surface area contributed by atoms with Gasteiger partial charge >= 0.3 is 12.0 Å². The second-order valence-electron chi connectivity index (χ2n) is 7.77. The number of hydrogen-bond acceptors (Lipinski definition) is 4. The number of urea groups is 1. The van der Waals surface area contributed by atoms with Crippen LogP contribution in [0.1, 0.15) is 64.5 Å². The highest BCUT2D eigenvalue weighted by molar-refractivity contribution is 5.95. The number of ether oxygens (including phenoxy) is 1. The lowest BCUT2D eigenvalue weighted by Gasteiger charge is -2.31. The maximum Gasteiger partial charge on any atom is 0.338 e. The molecule has 152 valence electrons. The minimum absolute atomic E-state index is 0.220. The number of piperidine rings is 1. The van der Waals surface area contributed by atoms with E-state index in [1.165, 1.54) is 24.9 Å². The molecule has 0 radical (unpaired) electrons. The van der Waals surface area contributed by atoms with Crippen molar-refractivity contribution in [2.45, 2.75) is 65.0 Å². The maximum atomic E-state index is 12.8. The van der Waals surface area contributed by atoms with E-state index in [1.807, 2.05) is 32.9 Å². The fourth-order valence-electron chi connectivity index (χ4n) is 3.86. The van der Waals surface area contributed by atoms with Gasteiger partial charge in [-0.25, -0.2) is 9.59 Å². The molecule has 1 atom stereocenters. The normalized spacial score (nSPS) is 20.1. The van der Waals surface area contributed by atoms with Crippen molar-refractivity contribution in [2.24, 2.45) is 0 Å². The highest BCUT2D eigenvalue weighted by atomic mass is 16.5. The topological polar surface area (TPSA) is 70.7 Å². The van der Waals surface area contributed by atoms with Gasteiger partial charge in [0.15, 0.2) is 0 Å². The summed E-state index contributed by atoms with van der Waals surface area (Å²) < 4.78 is 5.48. The van der Waals surface area contributed by atoms with Gasteiger partial charge in [0.05, 0.1) is 17.7 Å². The summed E-state index contributed by atoms with van der Waals surface area (Å²) >= 11 is 0. The Morgan fingerprint density at radius 3 is 2.46 bits per heavy atom. The lowest BCUT2D eigenvalue weighted by molar-refractivity contribution is -0.143. The lowest BCUT2D eigenvalue weighted by atomic mass is 9.93. The molecular weight excluding hydrogens is 354 g/mol. The summed E-state index contributed by atoms with van der Waals surface area (Å²) in [6.07, 6.45) is 4.97. The number of allylic oxidation sites excluding steroid dienone is 1. The third-order valence-electron chi connectivity index (χ3n) is 5.16. The summed E-state index contributed by atoms with van der Waals surface area (Å²) in [5.74, 6) is -0.379. The number of carbonyl (C=O) groups excluding carboxylic acids is 2. The minimum Gasteiger partial charge on any atom is -0.459 e. The fraction of sp³-hybridized carbons (Fsp3) is 0.545. The number of hydrogen-bond donors (Lipinski definition) is 2.